The summed E-state index contributed by atoms with van der Waals surface area (Å²) in [5.74, 6) is 0. The van der Waals surface area contributed by atoms with Crippen LogP contribution in [0.25, 0.3) is 5.69 Å². The lowest BCUT2D eigenvalue weighted by Crippen LogP contribution is -2.19. The first kappa shape index (κ1) is 12.7. The smallest absolute Gasteiger partial charge is 0.274 e. The Bertz CT molecular complexity index is 624. The Morgan fingerprint density at radius 2 is 1.67 bits per heavy atom. The first-order valence-corrected chi connectivity index (χ1v) is 6.34. The van der Waals surface area contributed by atoms with Gasteiger partial charge in [-0.1, -0.05) is 24.6 Å². The van der Waals surface area contributed by atoms with Crippen molar-refractivity contribution < 1.29 is 0 Å². The molecule has 3 nitrogen and oxygen atoms in total. The molecule has 0 aliphatic rings. The molecule has 0 unspecified atom stereocenters. The second-order valence-corrected chi connectivity index (χ2v) is 4.96. The van der Waals surface area contributed by atoms with Gasteiger partial charge >= 0.3 is 0 Å². The van der Waals surface area contributed by atoms with Crippen LogP contribution in [0.2, 0.25) is 0 Å². The van der Waals surface area contributed by atoms with E-state index in [9.17, 15) is 4.79 Å². The molecule has 96 valence electrons. The van der Waals surface area contributed by atoms with Crippen LogP contribution in [0.3, 0.4) is 0 Å². The summed E-state index contributed by atoms with van der Waals surface area (Å²) >= 11 is 0. The monoisotopic (exact) mass is 244 g/mol. The fourth-order valence-electron chi connectivity index (χ4n) is 2.68. The van der Waals surface area contributed by atoms with Crippen LogP contribution in [-0.4, -0.2) is 9.78 Å². The van der Waals surface area contributed by atoms with E-state index in [4.69, 9.17) is 0 Å². The molecule has 2 aromatic rings. The van der Waals surface area contributed by atoms with Gasteiger partial charge in [0.25, 0.3) is 5.56 Å². The third-order valence-corrected chi connectivity index (χ3v) is 3.41. The maximum absolute atomic E-state index is 12.3. The molecule has 0 amide bonds. The zero-order valence-corrected chi connectivity index (χ0v) is 11.7. The molecule has 0 bridgehead atoms. The Kier molecular flexibility index (Phi) is 3.16. The van der Waals surface area contributed by atoms with Gasteiger partial charge in [0.15, 0.2) is 0 Å². The summed E-state index contributed by atoms with van der Waals surface area (Å²) in [6.45, 7) is 10.1. The highest BCUT2D eigenvalue weighted by Gasteiger charge is 2.14. The summed E-state index contributed by atoms with van der Waals surface area (Å²) in [5, 5.41) is 3.19. The molecular formula is C15H20N2O. The number of rotatable bonds is 2. The Balaban J connectivity index is 2.74. The average Bonchev–Trinajstić information content (AvgIpc) is 2.53. The van der Waals surface area contributed by atoms with Crippen molar-refractivity contribution in [2.75, 3.05) is 0 Å². The van der Waals surface area contributed by atoms with Crippen molar-refractivity contribution in [1.82, 2.24) is 9.78 Å². The maximum Gasteiger partial charge on any atom is 0.274 e. The number of nitrogens with zero attached hydrogens (tertiary/aromatic N) is 1. The molecule has 1 heterocycles. The second kappa shape index (κ2) is 4.48. The van der Waals surface area contributed by atoms with E-state index in [1.54, 1.807) is 4.68 Å². The molecule has 18 heavy (non-hydrogen) atoms. The van der Waals surface area contributed by atoms with Gasteiger partial charge in [-0.25, -0.2) is 4.68 Å². The van der Waals surface area contributed by atoms with Crippen LogP contribution < -0.4 is 5.56 Å². The fourth-order valence-corrected chi connectivity index (χ4v) is 2.68. The molecular weight excluding hydrogens is 224 g/mol. The molecule has 0 saturated carbocycles. The van der Waals surface area contributed by atoms with E-state index in [2.05, 4.69) is 24.2 Å². The van der Waals surface area contributed by atoms with Crippen molar-refractivity contribution in [2.24, 2.45) is 0 Å². The quantitative estimate of drug-likeness (QED) is 0.866. The van der Waals surface area contributed by atoms with Crippen LogP contribution in [0.4, 0.5) is 0 Å². The van der Waals surface area contributed by atoms with E-state index in [1.807, 2.05) is 27.7 Å². The van der Waals surface area contributed by atoms with Gasteiger partial charge in [-0.2, -0.15) is 0 Å². The molecule has 1 aromatic carbocycles. The topological polar surface area (TPSA) is 37.8 Å². The van der Waals surface area contributed by atoms with Gasteiger partial charge in [0, 0.05) is 11.3 Å². The maximum atomic E-state index is 12.3. The van der Waals surface area contributed by atoms with Crippen LogP contribution in [0.1, 0.15) is 34.9 Å². The highest BCUT2D eigenvalue weighted by atomic mass is 16.1. The summed E-state index contributed by atoms with van der Waals surface area (Å²) in [6, 6.07) is 4.22. The summed E-state index contributed by atoms with van der Waals surface area (Å²) in [7, 11) is 0. The predicted octanol–water partition coefficient (Wildman–Crippen LogP) is 2.96. The molecule has 3 heteroatoms. The minimum Gasteiger partial charge on any atom is -0.295 e. The Morgan fingerprint density at radius 3 is 2.11 bits per heavy atom. The van der Waals surface area contributed by atoms with Gasteiger partial charge in [0.2, 0.25) is 0 Å². The third kappa shape index (κ3) is 1.90. The van der Waals surface area contributed by atoms with Crippen LogP contribution in [0.5, 0.6) is 0 Å². The first-order chi connectivity index (χ1) is 8.45. The van der Waals surface area contributed by atoms with E-state index in [0.29, 0.717) is 0 Å². The van der Waals surface area contributed by atoms with Crippen molar-refractivity contribution >= 4 is 0 Å². The van der Waals surface area contributed by atoms with Gasteiger partial charge in [0.05, 0.1) is 5.69 Å². The number of nitrogens with one attached hydrogen (secondary N) is 1. The lowest BCUT2D eigenvalue weighted by molar-refractivity contribution is 0.821. The number of H-pyrrole nitrogens is 1. The normalized spacial score (nSPS) is 10.9. The third-order valence-electron chi connectivity index (χ3n) is 3.41. The Hall–Kier alpha value is -1.77. The second-order valence-electron chi connectivity index (χ2n) is 4.96. The van der Waals surface area contributed by atoms with Gasteiger partial charge < -0.3 is 0 Å². The molecule has 0 atom stereocenters. The van der Waals surface area contributed by atoms with Crippen molar-refractivity contribution in [3.63, 3.8) is 0 Å². The van der Waals surface area contributed by atoms with E-state index in [-0.39, 0.29) is 5.56 Å². The number of aryl methyl sites for hydroxylation is 4. The van der Waals surface area contributed by atoms with E-state index < -0.39 is 0 Å². The van der Waals surface area contributed by atoms with Crippen molar-refractivity contribution in [2.45, 2.75) is 41.0 Å². The highest BCUT2D eigenvalue weighted by Crippen LogP contribution is 2.19. The zero-order chi connectivity index (χ0) is 13.4. The van der Waals surface area contributed by atoms with Gasteiger partial charge in [-0.15, -0.1) is 0 Å². The highest BCUT2D eigenvalue weighted by molar-refractivity contribution is 5.49. The molecule has 2 rings (SSSR count). The SMILES string of the molecule is CCc1c(C)[nH]n(-c2c(C)cc(C)cc2C)c1=O. The van der Waals surface area contributed by atoms with Gasteiger partial charge in [-0.05, 0) is 45.2 Å². The Labute approximate surface area is 107 Å². The lowest BCUT2D eigenvalue weighted by atomic mass is 10.1. The molecule has 0 radical (unpaired) electrons. The molecule has 0 aliphatic heterocycles. The largest absolute Gasteiger partial charge is 0.295 e. The lowest BCUT2D eigenvalue weighted by Gasteiger charge is -2.11. The van der Waals surface area contributed by atoms with Crippen molar-refractivity contribution in [3.8, 4) is 5.69 Å². The van der Waals surface area contributed by atoms with Crippen LogP contribution in [0, 0.1) is 27.7 Å². The fraction of sp³-hybridized carbons (Fsp3) is 0.400. The predicted molar refractivity (Wildman–Crippen MR) is 74.7 cm³/mol. The molecule has 1 N–H and O–H groups in total. The van der Waals surface area contributed by atoms with Crippen LogP contribution >= 0.6 is 0 Å². The van der Waals surface area contributed by atoms with Crippen molar-refractivity contribution in [3.05, 3.63) is 50.4 Å². The number of benzene rings is 1. The van der Waals surface area contributed by atoms with E-state index in [0.717, 1.165) is 34.5 Å². The summed E-state index contributed by atoms with van der Waals surface area (Å²) in [5.41, 5.74) is 6.35. The summed E-state index contributed by atoms with van der Waals surface area (Å²) in [4.78, 5) is 12.3. The number of hydrogen-bond donors (Lipinski definition) is 1. The van der Waals surface area contributed by atoms with Crippen LogP contribution in [0.15, 0.2) is 16.9 Å². The number of aromatic amines is 1. The minimum atomic E-state index is 0.0741. The standard InChI is InChI=1S/C15H20N2O/c1-6-13-12(5)16-17(15(13)18)14-10(3)7-9(2)8-11(14)4/h7-8,16H,6H2,1-5H3. The summed E-state index contributed by atoms with van der Waals surface area (Å²) in [6.07, 6.45) is 0.762. The van der Waals surface area contributed by atoms with Crippen LogP contribution in [-0.2, 0) is 6.42 Å². The molecule has 1 aromatic heterocycles. The zero-order valence-electron chi connectivity index (χ0n) is 11.7. The molecule has 0 fully saturated rings. The first-order valence-electron chi connectivity index (χ1n) is 6.34. The molecule has 0 aliphatic carbocycles. The van der Waals surface area contributed by atoms with E-state index >= 15 is 0 Å². The number of aromatic nitrogens is 2. The Morgan fingerprint density at radius 1 is 1.11 bits per heavy atom. The molecule has 0 spiro atoms. The van der Waals surface area contributed by atoms with E-state index in [1.165, 1.54) is 5.56 Å². The van der Waals surface area contributed by atoms with Crippen molar-refractivity contribution in [1.29, 1.82) is 0 Å². The number of hydrogen-bond acceptors (Lipinski definition) is 1. The van der Waals surface area contributed by atoms with Gasteiger partial charge in [0.1, 0.15) is 0 Å². The minimum absolute atomic E-state index is 0.0741. The molecule has 0 saturated heterocycles. The summed E-state index contributed by atoms with van der Waals surface area (Å²) < 4.78 is 1.68. The average molecular weight is 244 g/mol. The van der Waals surface area contributed by atoms with Gasteiger partial charge in [-0.3, -0.25) is 9.89 Å².